The van der Waals surface area contributed by atoms with Crippen LogP contribution in [0.4, 0.5) is 0 Å². The van der Waals surface area contributed by atoms with E-state index in [1.807, 2.05) is 0 Å². The van der Waals surface area contributed by atoms with Crippen molar-refractivity contribution in [2.75, 3.05) is 13.1 Å². The Morgan fingerprint density at radius 1 is 0.800 bits per heavy atom. The predicted octanol–water partition coefficient (Wildman–Crippen LogP) is 3.94. The van der Waals surface area contributed by atoms with Gasteiger partial charge in [0.1, 0.15) is 0 Å². The molecule has 1 aliphatic heterocycles. The summed E-state index contributed by atoms with van der Waals surface area (Å²) in [4.78, 5) is 2.89. The number of hydrogen-bond acceptors (Lipinski definition) is 2. The van der Waals surface area contributed by atoms with Gasteiger partial charge in [0.05, 0.1) is 0 Å². The lowest BCUT2D eigenvalue weighted by molar-refractivity contribution is 0.00500. The van der Waals surface area contributed by atoms with Crippen molar-refractivity contribution >= 4 is 0 Å². The van der Waals surface area contributed by atoms with Gasteiger partial charge in [0.25, 0.3) is 0 Å². The first kappa shape index (κ1) is 14.8. The average molecular weight is 278 g/mol. The van der Waals surface area contributed by atoms with Crippen molar-refractivity contribution in [1.82, 2.24) is 4.90 Å². The van der Waals surface area contributed by atoms with E-state index in [0.29, 0.717) is 6.04 Å². The number of fused-ring (bicyclic) bond motifs is 1. The fourth-order valence-corrected chi connectivity index (χ4v) is 5.37. The first-order chi connectivity index (χ1) is 9.90. The first-order valence-electron chi connectivity index (χ1n) is 9.36. The summed E-state index contributed by atoms with van der Waals surface area (Å²) in [7, 11) is 0. The van der Waals surface area contributed by atoms with E-state index < -0.39 is 0 Å². The molecule has 3 atom stereocenters. The topological polar surface area (TPSA) is 29.3 Å². The second-order valence-electron chi connectivity index (χ2n) is 7.55. The Kier molecular flexibility index (Phi) is 5.39. The third kappa shape index (κ3) is 3.22. The van der Waals surface area contributed by atoms with Gasteiger partial charge in [-0.05, 0) is 56.9 Å². The molecule has 0 aromatic carbocycles. The fourth-order valence-electron chi connectivity index (χ4n) is 5.37. The van der Waals surface area contributed by atoms with Gasteiger partial charge >= 0.3 is 0 Å². The van der Waals surface area contributed by atoms with Crippen LogP contribution in [0.25, 0.3) is 0 Å². The maximum atomic E-state index is 6.27. The minimum atomic E-state index is 0.694. The van der Waals surface area contributed by atoms with Crippen LogP contribution in [0, 0.1) is 11.8 Å². The van der Waals surface area contributed by atoms with Gasteiger partial charge in [-0.1, -0.05) is 38.5 Å². The standard InChI is InChI=1S/C18H34N2/c19-14-18(16-8-3-1-2-4-9-16)20-13-7-11-15-10-5-6-12-17(15)20/h15-18H,1-14,19H2. The quantitative estimate of drug-likeness (QED) is 0.792. The van der Waals surface area contributed by atoms with E-state index in [0.717, 1.165) is 24.4 Å². The summed E-state index contributed by atoms with van der Waals surface area (Å²) in [6.07, 6.45) is 17.5. The van der Waals surface area contributed by atoms with Crippen LogP contribution < -0.4 is 5.73 Å². The largest absolute Gasteiger partial charge is 0.329 e. The van der Waals surface area contributed by atoms with E-state index in [4.69, 9.17) is 5.73 Å². The first-order valence-corrected chi connectivity index (χ1v) is 9.36. The minimum absolute atomic E-state index is 0.694. The Bertz CT molecular complexity index is 281. The molecule has 0 spiro atoms. The Morgan fingerprint density at radius 3 is 2.20 bits per heavy atom. The number of rotatable bonds is 3. The van der Waals surface area contributed by atoms with Crippen LogP contribution in [0.5, 0.6) is 0 Å². The molecule has 116 valence electrons. The molecule has 2 saturated carbocycles. The highest BCUT2D eigenvalue weighted by molar-refractivity contribution is 4.93. The highest BCUT2D eigenvalue weighted by Gasteiger charge is 2.38. The van der Waals surface area contributed by atoms with Crippen LogP contribution in [-0.4, -0.2) is 30.1 Å². The van der Waals surface area contributed by atoms with E-state index in [2.05, 4.69) is 4.90 Å². The third-order valence-corrected chi connectivity index (χ3v) is 6.40. The lowest BCUT2D eigenvalue weighted by atomic mass is 9.76. The molecule has 20 heavy (non-hydrogen) atoms. The molecule has 2 nitrogen and oxygen atoms in total. The molecule has 0 bridgehead atoms. The SMILES string of the molecule is NCC(C1CCCCCC1)N1CCCC2CCCCC21. The van der Waals surface area contributed by atoms with E-state index in [-0.39, 0.29) is 0 Å². The van der Waals surface area contributed by atoms with Crippen molar-refractivity contribution in [3.63, 3.8) is 0 Å². The normalized spacial score (nSPS) is 35.2. The van der Waals surface area contributed by atoms with Crippen LogP contribution in [-0.2, 0) is 0 Å². The molecular weight excluding hydrogens is 244 g/mol. The van der Waals surface area contributed by atoms with Crippen molar-refractivity contribution in [3.8, 4) is 0 Å². The molecule has 1 saturated heterocycles. The van der Waals surface area contributed by atoms with Crippen molar-refractivity contribution in [2.24, 2.45) is 17.6 Å². The molecule has 3 unspecified atom stereocenters. The summed E-state index contributed by atoms with van der Waals surface area (Å²) < 4.78 is 0. The molecule has 1 heterocycles. The molecule has 2 heteroatoms. The van der Waals surface area contributed by atoms with Crippen molar-refractivity contribution < 1.29 is 0 Å². The second-order valence-corrected chi connectivity index (χ2v) is 7.55. The number of nitrogens with zero attached hydrogens (tertiary/aromatic N) is 1. The van der Waals surface area contributed by atoms with Crippen LogP contribution in [0.2, 0.25) is 0 Å². The van der Waals surface area contributed by atoms with Gasteiger partial charge in [-0.2, -0.15) is 0 Å². The summed E-state index contributed by atoms with van der Waals surface area (Å²) in [6, 6.07) is 1.58. The maximum Gasteiger partial charge on any atom is 0.0249 e. The maximum absolute atomic E-state index is 6.27. The Balaban J connectivity index is 1.69. The third-order valence-electron chi connectivity index (χ3n) is 6.40. The van der Waals surface area contributed by atoms with Crippen molar-refractivity contribution in [2.45, 2.75) is 89.1 Å². The zero-order chi connectivity index (χ0) is 13.8. The van der Waals surface area contributed by atoms with Gasteiger partial charge in [-0.3, -0.25) is 4.90 Å². The highest BCUT2D eigenvalue weighted by Crippen LogP contribution is 2.38. The second kappa shape index (κ2) is 7.26. The van der Waals surface area contributed by atoms with Gasteiger partial charge in [0.2, 0.25) is 0 Å². The van der Waals surface area contributed by atoms with Crippen LogP contribution in [0.3, 0.4) is 0 Å². The Morgan fingerprint density at radius 2 is 1.45 bits per heavy atom. The summed E-state index contributed by atoms with van der Waals surface area (Å²) in [5.41, 5.74) is 6.27. The summed E-state index contributed by atoms with van der Waals surface area (Å²) in [5.74, 6) is 1.89. The number of piperidine rings is 1. The van der Waals surface area contributed by atoms with Gasteiger partial charge < -0.3 is 5.73 Å². The van der Waals surface area contributed by atoms with Crippen LogP contribution in [0.1, 0.15) is 77.0 Å². The smallest absolute Gasteiger partial charge is 0.0249 e. The lowest BCUT2D eigenvalue weighted by Gasteiger charge is -2.49. The summed E-state index contributed by atoms with van der Waals surface area (Å²) >= 11 is 0. The monoisotopic (exact) mass is 278 g/mol. The molecule has 3 rings (SSSR count). The van der Waals surface area contributed by atoms with Crippen LogP contribution in [0.15, 0.2) is 0 Å². The highest BCUT2D eigenvalue weighted by atomic mass is 15.2. The number of nitrogens with two attached hydrogens (primary N) is 1. The van der Waals surface area contributed by atoms with Gasteiger partial charge in [0.15, 0.2) is 0 Å². The van der Waals surface area contributed by atoms with Crippen LogP contribution >= 0.6 is 0 Å². The van der Waals surface area contributed by atoms with E-state index >= 15 is 0 Å². The molecule has 2 N–H and O–H groups in total. The molecule has 0 amide bonds. The van der Waals surface area contributed by atoms with Gasteiger partial charge in [0, 0.05) is 18.6 Å². The number of likely N-dealkylation sites (tertiary alicyclic amines) is 1. The fraction of sp³-hybridized carbons (Fsp3) is 1.00. The molecule has 0 aromatic heterocycles. The number of hydrogen-bond donors (Lipinski definition) is 1. The van der Waals surface area contributed by atoms with E-state index in [9.17, 15) is 0 Å². The molecule has 2 aliphatic carbocycles. The molecule has 0 radical (unpaired) electrons. The van der Waals surface area contributed by atoms with E-state index in [1.54, 1.807) is 0 Å². The van der Waals surface area contributed by atoms with Crippen molar-refractivity contribution in [1.29, 1.82) is 0 Å². The summed E-state index contributed by atoms with van der Waals surface area (Å²) in [6.45, 7) is 2.23. The zero-order valence-electron chi connectivity index (χ0n) is 13.2. The van der Waals surface area contributed by atoms with Crippen molar-refractivity contribution in [3.05, 3.63) is 0 Å². The molecule has 0 aromatic rings. The Labute approximate surface area is 125 Å². The molecule has 3 fully saturated rings. The molecule has 3 aliphatic rings. The average Bonchev–Trinajstić information content (AvgIpc) is 2.78. The minimum Gasteiger partial charge on any atom is -0.329 e. The Hall–Kier alpha value is -0.0800. The van der Waals surface area contributed by atoms with E-state index in [1.165, 1.54) is 83.6 Å². The lowest BCUT2D eigenvalue weighted by Crippen LogP contribution is -2.56. The predicted molar refractivity (Wildman–Crippen MR) is 85.7 cm³/mol. The zero-order valence-corrected chi connectivity index (χ0v) is 13.2. The van der Waals surface area contributed by atoms with Gasteiger partial charge in [-0.25, -0.2) is 0 Å². The summed E-state index contributed by atoms with van der Waals surface area (Å²) in [5, 5.41) is 0. The van der Waals surface area contributed by atoms with Gasteiger partial charge in [-0.15, -0.1) is 0 Å². The molecular formula is C18H34N2.